The van der Waals surface area contributed by atoms with E-state index in [0.717, 1.165) is 29.1 Å². The summed E-state index contributed by atoms with van der Waals surface area (Å²) in [7, 11) is 0. The molecule has 1 unspecified atom stereocenters. The third-order valence-electron chi connectivity index (χ3n) is 3.39. The van der Waals surface area contributed by atoms with Crippen LogP contribution in [-0.4, -0.2) is 9.55 Å². The molecule has 0 N–H and O–H groups in total. The molecule has 88 valence electrons. The summed E-state index contributed by atoms with van der Waals surface area (Å²) < 4.78 is 3.41. The van der Waals surface area contributed by atoms with Crippen LogP contribution in [0.1, 0.15) is 19.2 Å². The molecule has 0 aliphatic carbocycles. The van der Waals surface area contributed by atoms with Gasteiger partial charge < -0.3 is 4.57 Å². The van der Waals surface area contributed by atoms with Crippen molar-refractivity contribution in [2.75, 3.05) is 0 Å². The molecule has 1 aromatic heterocycles. The molecule has 0 fully saturated rings. The Morgan fingerprint density at radius 2 is 2.06 bits per heavy atom. The van der Waals surface area contributed by atoms with Crippen LogP contribution < -0.4 is 0 Å². The van der Waals surface area contributed by atoms with Gasteiger partial charge in [0.1, 0.15) is 5.82 Å². The fraction of sp³-hybridized carbons (Fsp3) is 0.357. The van der Waals surface area contributed by atoms with Crippen molar-refractivity contribution < 1.29 is 0 Å². The van der Waals surface area contributed by atoms with Gasteiger partial charge in [-0.05, 0) is 24.5 Å². The van der Waals surface area contributed by atoms with Crippen molar-refractivity contribution in [3.63, 3.8) is 0 Å². The lowest BCUT2D eigenvalue weighted by Gasteiger charge is -2.18. The van der Waals surface area contributed by atoms with Gasteiger partial charge in [0, 0.05) is 29.2 Å². The lowest BCUT2D eigenvalue weighted by Crippen LogP contribution is -2.16. The Balaban J connectivity index is 1.97. The van der Waals surface area contributed by atoms with Crippen molar-refractivity contribution in [3.05, 3.63) is 40.8 Å². The standard InChI is InChI=1S/C14H15BrN2/c1-10-6-7-17-9-13(16-14(17)8-10)11-2-4-12(15)5-3-11/h2-5,9-10H,6-8H2,1H3. The van der Waals surface area contributed by atoms with Gasteiger partial charge in [-0.3, -0.25) is 0 Å². The number of hydrogen-bond donors (Lipinski definition) is 0. The van der Waals surface area contributed by atoms with Gasteiger partial charge in [0.05, 0.1) is 5.69 Å². The van der Waals surface area contributed by atoms with Crippen LogP contribution in [0.3, 0.4) is 0 Å². The van der Waals surface area contributed by atoms with Crippen LogP contribution in [-0.2, 0) is 13.0 Å². The molecule has 3 rings (SSSR count). The maximum Gasteiger partial charge on any atom is 0.109 e. The number of aryl methyl sites for hydroxylation is 1. The Hall–Kier alpha value is -1.09. The van der Waals surface area contributed by atoms with Crippen LogP contribution in [0.5, 0.6) is 0 Å². The first kappa shape index (κ1) is 11.0. The largest absolute Gasteiger partial charge is 0.334 e. The molecule has 3 heteroatoms. The molecule has 0 amide bonds. The summed E-state index contributed by atoms with van der Waals surface area (Å²) in [4.78, 5) is 4.75. The molecule has 0 bridgehead atoms. The summed E-state index contributed by atoms with van der Waals surface area (Å²) >= 11 is 3.46. The maximum atomic E-state index is 4.75. The number of halogens is 1. The summed E-state index contributed by atoms with van der Waals surface area (Å²) in [5, 5.41) is 0. The fourth-order valence-electron chi connectivity index (χ4n) is 2.34. The quantitative estimate of drug-likeness (QED) is 0.779. The van der Waals surface area contributed by atoms with E-state index in [1.165, 1.54) is 17.8 Å². The van der Waals surface area contributed by atoms with Crippen LogP contribution in [0, 0.1) is 5.92 Å². The van der Waals surface area contributed by atoms with E-state index in [9.17, 15) is 0 Å². The number of imidazole rings is 1. The highest BCUT2D eigenvalue weighted by molar-refractivity contribution is 9.10. The summed E-state index contributed by atoms with van der Waals surface area (Å²) in [6, 6.07) is 8.36. The van der Waals surface area contributed by atoms with E-state index < -0.39 is 0 Å². The van der Waals surface area contributed by atoms with Gasteiger partial charge in [-0.25, -0.2) is 4.98 Å². The highest BCUT2D eigenvalue weighted by Crippen LogP contribution is 2.25. The highest BCUT2D eigenvalue weighted by Gasteiger charge is 2.17. The second-order valence-corrected chi connectivity index (χ2v) is 5.76. The molecular formula is C14H15BrN2. The zero-order chi connectivity index (χ0) is 11.8. The average Bonchev–Trinajstić information content (AvgIpc) is 2.72. The third-order valence-corrected chi connectivity index (χ3v) is 3.92. The minimum absolute atomic E-state index is 0.766. The first-order valence-corrected chi connectivity index (χ1v) is 6.83. The van der Waals surface area contributed by atoms with E-state index >= 15 is 0 Å². The fourth-order valence-corrected chi connectivity index (χ4v) is 2.61. The SMILES string of the molecule is CC1CCn2cc(-c3ccc(Br)cc3)nc2C1. The second-order valence-electron chi connectivity index (χ2n) is 4.84. The van der Waals surface area contributed by atoms with Gasteiger partial charge in [-0.2, -0.15) is 0 Å². The zero-order valence-electron chi connectivity index (χ0n) is 9.86. The summed E-state index contributed by atoms with van der Waals surface area (Å²) in [6.07, 6.45) is 4.56. The number of rotatable bonds is 1. The van der Waals surface area contributed by atoms with Crippen molar-refractivity contribution in [2.45, 2.75) is 26.3 Å². The van der Waals surface area contributed by atoms with Crippen molar-refractivity contribution in [2.24, 2.45) is 5.92 Å². The molecule has 1 aromatic carbocycles. The minimum atomic E-state index is 0.766. The van der Waals surface area contributed by atoms with E-state index in [2.05, 4.69) is 57.9 Å². The van der Waals surface area contributed by atoms with Crippen LogP contribution in [0.4, 0.5) is 0 Å². The smallest absolute Gasteiger partial charge is 0.109 e. The van der Waals surface area contributed by atoms with Crippen molar-refractivity contribution in [1.29, 1.82) is 0 Å². The molecule has 0 saturated carbocycles. The average molecular weight is 291 g/mol. The van der Waals surface area contributed by atoms with Gasteiger partial charge in [-0.15, -0.1) is 0 Å². The Labute approximate surface area is 110 Å². The lowest BCUT2D eigenvalue weighted by atomic mass is 10.0. The van der Waals surface area contributed by atoms with Gasteiger partial charge in [0.25, 0.3) is 0 Å². The van der Waals surface area contributed by atoms with Crippen LogP contribution >= 0.6 is 15.9 Å². The molecule has 2 aromatic rings. The highest BCUT2D eigenvalue weighted by atomic mass is 79.9. The molecule has 0 saturated heterocycles. The number of benzene rings is 1. The lowest BCUT2D eigenvalue weighted by molar-refractivity contribution is 0.409. The predicted octanol–water partition coefficient (Wildman–Crippen LogP) is 3.89. The first-order valence-electron chi connectivity index (χ1n) is 6.04. The minimum Gasteiger partial charge on any atom is -0.334 e. The second kappa shape index (κ2) is 4.30. The van der Waals surface area contributed by atoms with Gasteiger partial charge in [0.15, 0.2) is 0 Å². The number of aromatic nitrogens is 2. The summed E-state index contributed by atoms with van der Waals surface area (Å²) in [6.45, 7) is 3.41. The summed E-state index contributed by atoms with van der Waals surface area (Å²) in [5.41, 5.74) is 2.30. The normalized spacial score (nSPS) is 19.1. The van der Waals surface area contributed by atoms with Crippen molar-refractivity contribution in [3.8, 4) is 11.3 Å². The van der Waals surface area contributed by atoms with E-state index in [1.54, 1.807) is 0 Å². The van der Waals surface area contributed by atoms with Crippen LogP contribution in [0.2, 0.25) is 0 Å². The predicted molar refractivity (Wildman–Crippen MR) is 72.8 cm³/mol. The Kier molecular flexibility index (Phi) is 2.79. The van der Waals surface area contributed by atoms with Crippen molar-refractivity contribution >= 4 is 15.9 Å². The van der Waals surface area contributed by atoms with Crippen LogP contribution in [0.15, 0.2) is 34.9 Å². The molecule has 2 heterocycles. The monoisotopic (exact) mass is 290 g/mol. The molecule has 1 aliphatic heterocycles. The Morgan fingerprint density at radius 1 is 1.29 bits per heavy atom. The summed E-state index contributed by atoms with van der Waals surface area (Å²) in [5.74, 6) is 2.00. The number of nitrogens with zero attached hydrogens (tertiary/aromatic N) is 2. The number of hydrogen-bond acceptors (Lipinski definition) is 1. The topological polar surface area (TPSA) is 17.8 Å². The maximum absolute atomic E-state index is 4.75. The van der Waals surface area contributed by atoms with Gasteiger partial charge in [-0.1, -0.05) is 35.0 Å². The third kappa shape index (κ3) is 2.16. The molecule has 0 spiro atoms. The van der Waals surface area contributed by atoms with E-state index in [-0.39, 0.29) is 0 Å². The Bertz CT molecular complexity index is 528. The molecule has 17 heavy (non-hydrogen) atoms. The molecule has 2 nitrogen and oxygen atoms in total. The first-order chi connectivity index (χ1) is 8.22. The molecule has 0 radical (unpaired) electrons. The van der Waals surface area contributed by atoms with Gasteiger partial charge >= 0.3 is 0 Å². The van der Waals surface area contributed by atoms with Crippen LogP contribution in [0.25, 0.3) is 11.3 Å². The molecule has 1 aliphatic rings. The molecular weight excluding hydrogens is 276 g/mol. The number of fused-ring (bicyclic) bond motifs is 1. The van der Waals surface area contributed by atoms with Crippen molar-refractivity contribution in [1.82, 2.24) is 9.55 Å². The zero-order valence-corrected chi connectivity index (χ0v) is 11.4. The van der Waals surface area contributed by atoms with E-state index in [4.69, 9.17) is 4.98 Å². The van der Waals surface area contributed by atoms with E-state index in [0.29, 0.717) is 0 Å². The van der Waals surface area contributed by atoms with E-state index in [1.807, 2.05) is 0 Å². The Morgan fingerprint density at radius 3 is 2.82 bits per heavy atom. The van der Waals surface area contributed by atoms with Gasteiger partial charge in [0.2, 0.25) is 0 Å². The molecule has 1 atom stereocenters.